The Hall–Kier alpha value is -1.05. The van der Waals surface area contributed by atoms with E-state index in [1.807, 2.05) is 17.2 Å². The molecule has 0 aromatic heterocycles. The van der Waals surface area contributed by atoms with Crippen LogP contribution in [0.5, 0.6) is 0 Å². The topological polar surface area (TPSA) is 20.3 Å². The summed E-state index contributed by atoms with van der Waals surface area (Å²) in [5.41, 5.74) is 2.12. The van der Waals surface area contributed by atoms with E-state index in [-0.39, 0.29) is 11.3 Å². The number of rotatable bonds is 3. The Morgan fingerprint density at radius 1 is 1.38 bits per heavy atom. The zero-order valence-electron chi connectivity index (χ0n) is 11.1. The van der Waals surface area contributed by atoms with E-state index in [9.17, 15) is 4.79 Å². The standard InChI is InChI=1S/C14H23NO/c1-6-7-9-15-10-8-12(13(15)16)11(2)14(3,4)5/h8,10H,6-7,9H2,1-5H3/b12-11+. The molecule has 0 fully saturated rings. The van der Waals surface area contributed by atoms with Gasteiger partial charge in [-0.25, -0.2) is 0 Å². The largest absolute Gasteiger partial charge is 0.315 e. The van der Waals surface area contributed by atoms with E-state index < -0.39 is 0 Å². The second-order valence-corrected chi connectivity index (χ2v) is 5.46. The van der Waals surface area contributed by atoms with Crippen molar-refractivity contribution in [3.8, 4) is 0 Å². The van der Waals surface area contributed by atoms with Crippen molar-refractivity contribution in [2.45, 2.75) is 47.5 Å². The van der Waals surface area contributed by atoms with Gasteiger partial charge in [-0.1, -0.05) is 39.7 Å². The summed E-state index contributed by atoms with van der Waals surface area (Å²) >= 11 is 0. The molecule has 0 spiro atoms. The van der Waals surface area contributed by atoms with Crippen LogP contribution < -0.4 is 0 Å². The fourth-order valence-electron chi connectivity index (χ4n) is 1.65. The normalized spacial score (nSPS) is 19.6. The maximum Gasteiger partial charge on any atom is 0.257 e. The van der Waals surface area contributed by atoms with Crippen LogP contribution in [0.2, 0.25) is 0 Å². The van der Waals surface area contributed by atoms with Gasteiger partial charge < -0.3 is 4.90 Å². The van der Waals surface area contributed by atoms with E-state index in [4.69, 9.17) is 0 Å². The van der Waals surface area contributed by atoms with Crippen LogP contribution in [0, 0.1) is 5.41 Å². The number of nitrogens with zero attached hydrogens (tertiary/aromatic N) is 1. The summed E-state index contributed by atoms with van der Waals surface area (Å²) in [4.78, 5) is 13.9. The zero-order chi connectivity index (χ0) is 12.3. The highest BCUT2D eigenvalue weighted by atomic mass is 16.2. The molecule has 0 bridgehead atoms. The summed E-state index contributed by atoms with van der Waals surface area (Å²) in [6.07, 6.45) is 6.06. The van der Waals surface area contributed by atoms with Gasteiger partial charge in [0.15, 0.2) is 0 Å². The predicted molar refractivity (Wildman–Crippen MR) is 67.9 cm³/mol. The van der Waals surface area contributed by atoms with Crippen LogP contribution in [0.3, 0.4) is 0 Å². The van der Waals surface area contributed by atoms with Gasteiger partial charge >= 0.3 is 0 Å². The van der Waals surface area contributed by atoms with E-state index in [1.54, 1.807) is 0 Å². The lowest BCUT2D eigenvalue weighted by Gasteiger charge is -2.22. The summed E-state index contributed by atoms with van der Waals surface area (Å²) in [7, 11) is 0. The van der Waals surface area contributed by atoms with Gasteiger partial charge in [0.05, 0.1) is 0 Å². The number of hydrogen-bond donors (Lipinski definition) is 0. The Bertz CT molecular complexity index is 331. The number of allylic oxidation sites excluding steroid dienone is 1. The lowest BCUT2D eigenvalue weighted by molar-refractivity contribution is -0.123. The molecule has 0 radical (unpaired) electrons. The molecule has 1 aliphatic heterocycles. The first-order chi connectivity index (χ1) is 7.38. The van der Waals surface area contributed by atoms with Crippen LogP contribution in [-0.4, -0.2) is 17.4 Å². The average molecular weight is 221 g/mol. The molecule has 16 heavy (non-hydrogen) atoms. The number of carbonyl (C=O) groups excluding carboxylic acids is 1. The van der Waals surface area contributed by atoms with E-state index in [2.05, 4.69) is 34.6 Å². The Morgan fingerprint density at radius 3 is 2.50 bits per heavy atom. The summed E-state index contributed by atoms with van der Waals surface area (Å²) in [6, 6.07) is 0. The predicted octanol–water partition coefficient (Wildman–Crippen LogP) is 3.51. The minimum absolute atomic E-state index is 0.0656. The third-order valence-electron chi connectivity index (χ3n) is 3.19. The maximum absolute atomic E-state index is 12.1. The van der Waals surface area contributed by atoms with Crippen LogP contribution in [0.4, 0.5) is 0 Å². The van der Waals surface area contributed by atoms with Crippen molar-refractivity contribution in [3.05, 3.63) is 23.4 Å². The first-order valence-electron chi connectivity index (χ1n) is 6.08. The second kappa shape index (κ2) is 4.86. The molecule has 1 aliphatic rings. The first-order valence-corrected chi connectivity index (χ1v) is 6.08. The Morgan fingerprint density at radius 2 is 2.00 bits per heavy atom. The Labute approximate surface area is 99.0 Å². The van der Waals surface area contributed by atoms with Gasteiger partial charge in [-0.3, -0.25) is 4.79 Å². The van der Waals surface area contributed by atoms with Crippen molar-refractivity contribution in [1.82, 2.24) is 4.90 Å². The van der Waals surface area contributed by atoms with Gasteiger partial charge in [-0.15, -0.1) is 0 Å². The molecule has 0 saturated heterocycles. The Balaban J connectivity index is 2.83. The molecule has 2 heteroatoms. The quantitative estimate of drug-likeness (QED) is 0.668. The maximum atomic E-state index is 12.1. The molecule has 0 aromatic rings. The van der Waals surface area contributed by atoms with E-state index in [0.29, 0.717) is 0 Å². The third kappa shape index (κ3) is 2.75. The Kier molecular flexibility index (Phi) is 3.95. The van der Waals surface area contributed by atoms with Crippen molar-refractivity contribution >= 4 is 5.91 Å². The van der Waals surface area contributed by atoms with Crippen LogP contribution in [-0.2, 0) is 4.79 Å². The fourth-order valence-corrected chi connectivity index (χ4v) is 1.65. The summed E-state index contributed by atoms with van der Waals surface area (Å²) < 4.78 is 0. The second-order valence-electron chi connectivity index (χ2n) is 5.46. The minimum Gasteiger partial charge on any atom is -0.315 e. The van der Waals surface area contributed by atoms with Crippen LogP contribution in [0.25, 0.3) is 0 Å². The smallest absolute Gasteiger partial charge is 0.257 e. The lowest BCUT2D eigenvalue weighted by atomic mass is 9.84. The van der Waals surface area contributed by atoms with Crippen LogP contribution in [0.1, 0.15) is 47.5 Å². The van der Waals surface area contributed by atoms with E-state index in [1.165, 1.54) is 5.57 Å². The van der Waals surface area contributed by atoms with Crippen molar-refractivity contribution in [2.75, 3.05) is 6.54 Å². The van der Waals surface area contributed by atoms with Gasteiger partial charge in [0.2, 0.25) is 0 Å². The molecule has 0 N–H and O–H groups in total. The van der Waals surface area contributed by atoms with Crippen LogP contribution >= 0.6 is 0 Å². The first kappa shape index (κ1) is 13.0. The van der Waals surface area contributed by atoms with Crippen molar-refractivity contribution < 1.29 is 4.79 Å². The molecule has 0 unspecified atom stereocenters. The highest BCUT2D eigenvalue weighted by Crippen LogP contribution is 2.30. The number of hydrogen-bond acceptors (Lipinski definition) is 1. The fraction of sp³-hybridized carbons (Fsp3) is 0.643. The summed E-state index contributed by atoms with van der Waals surface area (Å²) in [5, 5.41) is 0. The molecule has 90 valence electrons. The highest BCUT2D eigenvalue weighted by Gasteiger charge is 2.26. The van der Waals surface area contributed by atoms with Crippen molar-refractivity contribution in [1.29, 1.82) is 0 Å². The molecular weight excluding hydrogens is 198 g/mol. The molecule has 1 rings (SSSR count). The van der Waals surface area contributed by atoms with Crippen LogP contribution in [0.15, 0.2) is 23.4 Å². The van der Waals surface area contributed by atoms with Gasteiger partial charge in [0.25, 0.3) is 5.91 Å². The number of amides is 1. The SMILES string of the molecule is CCCCN1C=C/C(=C(/C)C(C)(C)C)C1=O. The molecule has 0 saturated carbocycles. The highest BCUT2D eigenvalue weighted by molar-refractivity contribution is 6.00. The molecule has 0 aliphatic carbocycles. The summed E-state index contributed by atoms with van der Waals surface area (Å²) in [5.74, 6) is 0.167. The summed E-state index contributed by atoms with van der Waals surface area (Å²) in [6.45, 7) is 11.5. The monoisotopic (exact) mass is 221 g/mol. The van der Waals surface area contributed by atoms with E-state index >= 15 is 0 Å². The van der Waals surface area contributed by atoms with Gasteiger partial charge in [-0.2, -0.15) is 0 Å². The third-order valence-corrected chi connectivity index (χ3v) is 3.19. The lowest BCUT2D eigenvalue weighted by Crippen LogP contribution is -2.24. The number of unbranched alkanes of at least 4 members (excludes halogenated alkanes) is 1. The molecule has 1 heterocycles. The molecule has 0 atom stereocenters. The van der Waals surface area contributed by atoms with Crippen molar-refractivity contribution in [3.63, 3.8) is 0 Å². The zero-order valence-corrected chi connectivity index (χ0v) is 11.1. The van der Waals surface area contributed by atoms with Crippen molar-refractivity contribution in [2.24, 2.45) is 5.41 Å². The molecule has 2 nitrogen and oxygen atoms in total. The van der Waals surface area contributed by atoms with Gasteiger partial charge in [0, 0.05) is 18.3 Å². The molecule has 0 aromatic carbocycles. The molecular formula is C14H23NO. The van der Waals surface area contributed by atoms with Gasteiger partial charge in [0.1, 0.15) is 0 Å². The number of carbonyl (C=O) groups is 1. The minimum atomic E-state index is 0.0656. The molecule has 1 amide bonds. The average Bonchev–Trinajstić information content (AvgIpc) is 2.54. The van der Waals surface area contributed by atoms with Gasteiger partial charge in [-0.05, 0) is 24.8 Å². The van der Waals surface area contributed by atoms with E-state index in [0.717, 1.165) is 25.0 Å².